The molecule has 0 radical (unpaired) electrons. The second kappa shape index (κ2) is 4.96. The summed E-state index contributed by atoms with van der Waals surface area (Å²) < 4.78 is 0. The maximum Gasteiger partial charge on any atom is 0.155 e. The van der Waals surface area contributed by atoms with Gasteiger partial charge in [-0.15, -0.1) is 5.73 Å². The van der Waals surface area contributed by atoms with Crippen LogP contribution in [0.4, 0.5) is 0 Å². The molecule has 2 nitrogen and oxygen atoms in total. The van der Waals surface area contributed by atoms with Crippen molar-refractivity contribution in [3.05, 3.63) is 29.5 Å². The summed E-state index contributed by atoms with van der Waals surface area (Å²) in [5, 5.41) is 11.9. The van der Waals surface area contributed by atoms with E-state index in [-0.39, 0.29) is 16.6 Å². The number of carbonyl (C=O) groups is 1. The Morgan fingerprint density at radius 2 is 1.96 bits per heavy atom. The number of fused-ring (bicyclic) bond motifs is 5. The molecule has 4 aliphatic rings. The molecule has 3 fully saturated rings. The third-order valence-corrected chi connectivity index (χ3v) is 8.44. The molecule has 0 heterocycles. The van der Waals surface area contributed by atoms with Gasteiger partial charge in [0.1, 0.15) is 0 Å². The lowest BCUT2D eigenvalue weighted by atomic mass is 9.45. The van der Waals surface area contributed by atoms with E-state index in [0.717, 1.165) is 38.5 Å². The van der Waals surface area contributed by atoms with Crippen molar-refractivity contribution >= 4 is 5.78 Å². The van der Waals surface area contributed by atoms with Gasteiger partial charge < -0.3 is 5.11 Å². The van der Waals surface area contributed by atoms with E-state index in [1.165, 1.54) is 11.1 Å². The molecule has 2 heteroatoms. The minimum absolute atomic E-state index is 0.153. The van der Waals surface area contributed by atoms with E-state index in [1.807, 2.05) is 6.08 Å². The van der Waals surface area contributed by atoms with Gasteiger partial charge in [0.25, 0.3) is 0 Å². The van der Waals surface area contributed by atoms with Gasteiger partial charge in [0.2, 0.25) is 0 Å². The molecule has 1 N–H and O–H groups in total. The first-order valence-corrected chi connectivity index (χ1v) is 9.63. The summed E-state index contributed by atoms with van der Waals surface area (Å²) in [6, 6.07) is 0. The zero-order valence-electron chi connectivity index (χ0n) is 15.3. The highest BCUT2D eigenvalue weighted by atomic mass is 16.3. The van der Waals surface area contributed by atoms with Crippen LogP contribution in [0.5, 0.6) is 0 Å². The Kier molecular flexibility index (Phi) is 3.38. The quantitative estimate of drug-likeness (QED) is 0.661. The highest BCUT2D eigenvalue weighted by molar-refractivity contribution is 5.91. The fourth-order valence-corrected chi connectivity index (χ4v) is 7.03. The van der Waals surface area contributed by atoms with Crippen molar-refractivity contribution in [1.29, 1.82) is 0 Å². The number of ketones is 1. The molecule has 6 atom stereocenters. The molecule has 24 heavy (non-hydrogen) atoms. The lowest BCUT2D eigenvalue weighted by molar-refractivity contribution is -0.183. The second-order valence-electron chi connectivity index (χ2n) is 9.29. The summed E-state index contributed by atoms with van der Waals surface area (Å²) in [4.78, 5) is 11.9. The summed E-state index contributed by atoms with van der Waals surface area (Å²) in [6.07, 6.45) is 8.26. The van der Waals surface area contributed by atoms with Gasteiger partial charge in [0.05, 0.1) is 5.60 Å². The second-order valence-corrected chi connectivity index (χ2v) is 9.29. The largest absolute Gasteiger partial charge is 0.389 e. The fraction of sp³-hybridized carbons (Fsp3) is 0.727. The van der Waals surface area contributed by atoms with Crippen LogP contribution >= 0.6 is 0 Å². The van der Waals surface area contributed by atoms with Crippen LogP contribution in [0.1, 0.15) is 65.7 Å². The molecule has 0 unspecified atom stereocenters. The number of aliphatic hydroxyl groups is 1. The molecule has 0 amide bonds. The van der Waals surface area contributed by atoms with Crippen molar-refractivity contribution in [2.45, 2.75) is 71.3 Å². The first-order chi connectivity index (χ1) is 11.3. The van der Waals surface area contributed by atoms with Gasteiger partial charge in [0.15, 0.2) is 5.78 Å². The van der Waals surface area contributed by atoms with Crippen LogP contribution in [0.2, 0.25) is 0 Å². The average molecular weight is 326 g/mol. The van der Waals surface area contributed by atoms with Crippen LogP contribution in [0.15, 0.2) is 29.5 Å². The predicted octanol–water partition coefficient (Wildman–Crippen LogP) is 4.59. The van der Waals surface area contributed by atoms with E-state index >= 15 is 0 Å². The van der Waals surface area contributed by atoms with Gasteiger partial charge in [0, 0.05) is 11.8 Å². The molecule has 130 valence electrons. The molecule has 0 saturated heterocycles. The Labute approximate surface area is 145 Å². The van der Waals surface area contributed by atoms with Gasteiger partial charge >= 0.3 is 0 Å². The molecule has 0 aromatic carbocycles. The van der Waals surface area contributed by atoms with Crippen molar-refractivity contribution in [2.75, 3.05) is 0 Å². The highest BCUT2D eigenvalue weighted by Crippen LogP contribution is 2.68. The van der Waals surface area contributed by atoms with Crippen molar-refractivity contribution in [1.82, 2.24) is 0 Å². The Balaban J connectivity index is 1.79. The topological polar surface area (TPSA) is 37.3 Å². The van der Waals surface area contributed by atoms with Crippen LogP contribution in [0.25, 0.3) is 0 Å². The molecule has 0 spiro atoms. The summed E-state index contributed by atoms with van der Waals surface area (Å²) >= 11 is 0. The lowest BCUT2D eigenvalue weighted by Gasteiger charge is -2.62. The molecule has 3 saturated carbocycles. The molecule has 4 rings (SSSR count). The maximum absolute atomic E-state index is 11.9. The van der Waals surface area contributed by atoms with E-state index < -0.39 is 5.60 Å². The predicted molar refractivity (Wildman–Crippen MR) is 95.4 cm³/mol. The number of carbonyl (C=O) groups excluding carboxylic acids is 1. The van der Waals surface area contributed by atoms with Gasteiger partial charge in [-0.25, -0.2) is 0 Å². The zero-order chi connectivity index (χ0) is 17.3. The van der Waals surface area contributed by atoms with Crippen LogP contribution in [-0.4, -0.2) is 16.5 Å². The summed E-state index contributed by atoms with van der Waals surface area (Å²) in [5.74, 6) is 1.63. The summed E-state index contributed by atoms with van der Waals surface area (Å²) in [6.45, 7) is 10.9. The van der Waals surface area contributed by atoms with Crippen molar-refractivity contribution in [2.24, 2.45) is 28.6 Å². The van der Waals surface area contributed by atoms with E-state index in [4.69, 9.17) is 0 Å². The molecule has 0 aromatic heterocycles. The van der Waals surface area contributed by atoms with E-state index in [2.05, 4.69) is 33.1 Å². The molecular formula is C22H30O2. The zero-order valence-corrected chi connectivity index (χ0v) is 15.3. The van der Waals surface area contributed by atoms with Crippen LogP contribution in [0.3, 0.4) is 0 Å². The van der Waals surface area contributed by atoms with Crippen LogP contribution < -0.4 is 0 Å². The van der Waals surface area contributed by atoms with E-state index in [0.29, 0.717) is 24.2 Å². The molecular weight excluding hydrogens is 296 g/mol. The SMILES string of the molecule is C=C=C1[C@@H](C)C[C@H]2[C@@H]3CCC4=CC(=O)CC[C@]4(C)[C@@]3(O)CC[C@]12C. The number of allylic oxidation sites excluding steroid dienone is 1. The van der Waals surface area contributed by atoms with Gasteiger partial charge in [-0.2, -0.15) is 0 Å². The highest BCUT2D eigenvalue weighted by Gasteiger charge is 2.65. The summed E-state index contributed by atoms with van der Waals surface area (Å²) in [5.41, 5.74) is 5.15. The van der Waals surface area contributed by atoms with Gasteiger partial charge in [-0.1, -0.05) is 32.9 Å². The summed E-state index contributed by atoms with van der Waals surface area (Å²) in [7, 11) is 0. The average Bonchev–Trinajstić information content (AvgIpc) is 2.79. The van der Waals surface area contributed by atoms with E-state index in [9.17, 15) is 9.90 Å². The maximum atomic E-state index is 11.9. The third kappa shape index (κ3) is 1.79. The molecule has 0 bridgehead atoms. The van der Waals surface area contributed by atoms with Crippen LogP contribution in [-0.2, 0) is 4.79 Å². The van der Waals surface area contributed by atoms with Crippen molar-refractivity contribution < 1.29 is 9.90 Å². The number of hydrogen-bond donors (Lipinski definition) is 1. The fourth-order valence-electron chi connectivity index (χ4n) is 7.03. The molecule has 0 aliphatic heterocycles. The minimum atomic E-state index is -0.654. The van der Waals surface area contributed by atoms with Crippen molar-refractivity contribution in [3.8, 4) is 0 Å². The number of rotatable bonds is 0. The van der Waals surface area contributed by atoms with Gasteiger partial charge in [-0.05, 0) is 73.3 Å². The minimum Gasteiger partial charge on any atom is -0.389 e. The molecule has 0 aromatic rings. The number of hydrogen-bond acceptors (Lipinski definition) is 2. The Hall–Kier alpha value is -1.11. The Bertz CT molecular complexity index is 682. The van der Waals surface area contributed by atoms with Crippen molar-refractivity contribution in [3.63, 3.8) is 0 Å². The lowest BCUT2D eigenvalue weighted by Crippen LogP contribution is -2.62. The Morgan fingerprint density at radius 1 is 1.21 bits per heavy atom. The standard InChI is InChI=1S/C22H30O2/c1-5-17-14(2)12-19-18-7-6-15-13-16(23)8-9-21(15,4)22(18,24)11-10-20(17,19)3/h13-14,18-19,24H,1,6-12H2,2-4H3/t14-,18-,19-,20+,21-,22+/m0/s1. The normalized spacial score (nSPS) is 50.5. The third-order valence-electron chi connectivity index (χ3n) is 8.44. The smallest absolute Gasteiger partial charge is 0.155 e. The molecule has 4 aliphatic carbocycles. The first-order valence-electron chi connectivity index (χ1n) is 9.63. The van der Waals surface area contributed by atoms with Gasteiger partial charge in [-0.3, -0.25) is 4.79 Å². The van der Waals surface area contributed by atoms with Crippen LogP contribution in [0, 0.1) is 28.6 Å². The Morgan fingerprint density at radius 3 is 2.67 bits per heavy atom. The monoisotopic (exact) mass is 326 g/mol. The first kappa shape index (κ1) is 16.4. The van der Waals surface area contributed by atoms with E-state index in [1.54, 1.807) is 0 Å².